The molecular formula is C14H13NO4. The molecular weight excluding hydrogens is 246 g/mol. The van der Waals surface area contributed by atoms with E-state index in [9.17, 15) is 9.59 Å². The van der Waals surface area contributed by atoms with Crippen molar-refractivity contribution in [3.63, 3.8) is 0 Å². The van der Waals surface area contributed by atoms with Crippen molar-refractivity contribution in [1.82, 2.24) is 0 Å². The maximum atomic E-state index is 11.6. The van der Waals surface area contributed by atoms with Gasteiger partial charge in [-0.15, -0.1) is 0 Å². The van der Waals surface area contributed by atoms with Gasteiger partial charge in [-0.25, -0.2) is 4.79 Å². The molecule has 0 amide bonds. The zero-order chi connectivity index (χ0) is 14.3. The Labute approximate surface area is 111 Å². The van der Waals surface area contributed by atoms with E-state index in [0.717, 1.165) is 0 Å². The van der Waals surface area contributed by atoms with Crippen LogP contribution in [0.4, 0.5) is 0 Å². The van der Waals surface area contributed by atoms with Gasteiger partial charge in [-0.1, -0.05) is 6.58 Å². The minimum atomic E-state index is -0.549. The van der Waals surface area contributed by atoms with E-state index in [2.05, 4.69) is 6.58 Å². The fourth-order valence-electron chi connectivity index (χ4n) is 1.24. The van der Waals surface area contributed by atoms with Gasteiger partial charge < -0.3 is 9.47 Å². The van der Waals surface area contributed by atoms with Gasteiger partial charge in [0.25, 0.3) is 0 Å². The molecule has 0 aliphatic carbocycles. The molecule has 1 aromatic rings. The molecule has 0 saturated heterocycles. The summed E-state index contributed by atoms with van der Waals surface area (Å²) >= 11 is 0. The maximum absolute atomic E-state index is 11.6. The first-order chi connectivity index (χ1) is 9.02. The fraction of sp³-hybridized carbons (Fsp3) is 0.214. The Bertz CT molecular complexity index is 525. The highest BCUT2D eigenvalue weighted by atomic mass is 16.5. The molecule has 1 aromatic carbocycles. The summed E-state index contributed by atoms with van der Waals surface area (Å²) in [6.45, 7) is 4.92. The molecule has 19 heavy (non-hydrogen) atoms. The zero-order valence-electron chi connectivity index (χ0n) is 10.5. The van der Waals surface area contributed by atoms with E-state index in [1.54, 1.807) is 6.92 Å². The number of rotatable bonds is 5. The van der Waals surface area contributed by atoms with Crippen LogP contribution in [0.2, 0.25) is 0 Å². The summed E-state index contributed by atoms with van der Waals surface area (Å²) in [6.07, 6.45) is -0.0329. The first kappa shape index (κ1) is 14.5. The number of hydrogen-bond donors (Lipinski definition) is 0. The van der Waals surface area contributed by atoms with E-state index < -0.39 is 11.9 Å². The molecule has 0 bridgehead atoms. The largest absolute Gasteiger partial charge is 0.461 e. The number of esters is 2. The minimum Gasteiger partial charge on any atom is -0.461 e. The van der Waals surface area contributed by atoms with Crippen LogP contribution in [0.1, 0.15) is 29.3 Å². The Balaban J connectivity index is 2.41. The first-order valence-electron chi connectivity index (χ1n) is 5.56. The van der Waals surface area contributed by atoms with Gasteiger partial charge in [0.1, 0.15) is 6.61 Å². The van der Waals surface area contributed by atoms with E-state index in [1.807, 2.05) is 6.07 Å². The number of nitrogens with zero attached hydrogens (tertiary/aromatic N) is 1. The molecule has 0 fully saturated rings. The van der Waals surface area contributed by atoms with Crippen molar-refractivity contribution in [3.05, 3.63) is 47.7 Å². The summed E-state index contributed by atoms with van der Waals surface area (Å²) in [5.74, 6) is -0.754. The Kier molecular flexibility index (Phi) is 5.30. The monoisotopic (exact) mass is 259 g/mol. The maximum Gasteiger partial charge on any atom is 0.338 e. The van der Waals surface area contributed by atoms with Crippen LogP contribution in [0.3, 0.4) is 0 Å². The third kappa shape index (κ3) is 5.04. The highest BCUT2D eigenvalue weighted by Gasteiger charge is 2.09. The Hall–Kier alpha value is -2.61. The number of allylic oxidation sites excluding steroid dienone is 1. The van der Waals surface area contributed by atoms with E-state index in [-0.39, 0.29) is 13.0 Å². The first-order valence-corrected chi connectivity index (χ1v) is 5.56. The molecule has 0 N–H and O–H groups in total. The van der Waals surface area contributed by atoms with Crippen molar-refractivity contribution in [2.75, 3.05) is 6.61 Å². The summed E-state index contributed by atoms with van der Waals surface area (Å²) in [5, 5.41) is 8.62. The molecule has 0 saturated carbocycles. The fourth-order valence-corrected chi connectivity index (χ4v) is 1.24. The van der Waals surface area contributed by atoms with Crippen LogP contribution in [0, 0.1) is 11.3 Å². The topological polar surface area (TPSA) is 76.4 Å². The molecule has 0 unspecified atom stereocenters. The van der Waals surface area contributed by atoms with Gasteiger partial charge >= 0.3 is 11.9 Å². The number of hydrogen-bond acceptors (Lipinski definition) is 5. The van der Waals surface area contributed by atoms with Crippen molar-refractivity contribution >= 4 is 11.9 Å². The van der Waals surface area contributed by atoms with Crippen LogP contribution < -0.4 is 0 Å². The second kappa shape index (κ2) is 6.97. The van der Waals surface area contributed by atoms with Crippen LogP contribution in [-0.4, -0.2) is 18.5 Å². The lowest BCUT2D eigenvalue weighted by atomic mass is 10.1. The second-order valence-corrected chi connectivity index (χ2v) is 3.75. The lowest BCUT2D eigenvalue weighted by Gasteiger charge is -2.05. The third-order valence-corrected chi connectivity index (χ3v) is 2.08. The van der Waals surface area contributed by atoms with Crippen LogP contribution in [0.15, 0.2) is 36.6 Å². The molecule has 0 heterocycles. The number of benzene rings is 1. The van der Waals surface area contributed by atoms with Gasteiger partial charge in [-0.3, -0.25) is 4.79 Å². The van der Waals surface area contributed by atoms with Gasteiger partial charge in [0.2, 0.25) is 0 Å². The summed E-state index contributed by atoms with van der Waals surface area (Å²) in [7, 11) is 0. The predicted octanol–water partition coefficient (Wildman–Crippen LogP) is 2.18. The molecule has 1 rings (SSSR count). The van der Waals surface area contributed by atoms with Gasteiger partial charge in [0.05, 0.1) is 29.4 Å². The lowest BCUT2D eigenvalue weighted by Crippen LogP contribution is -2.11. The molecule has 0 spiro atoms. The number of nitriles is 1. The smallest absolute Gasteiger partial charge is 0.338 e. The van der Waals surface area contributed by atoms with Gasteiger partial charge in [0.15, 0.2) is 0 Å². The zero-order valence-corrected chi connectivity index (χ0v) is 10.5. The molecule has 0 atom stereocenters. The highest BCUT2D eigenvalue weighted by molar-refractivity contribution is 5.89. The van der Waals surface area contributed by atoms with Crippen molar-refractivity contribution in [1.29, 1.82) is 5.26 Å². The van der Waals surface area contributed by atoms with Crippen molar-refractivity contribution in [2.24, 2.45) is 0 Å². The molecule has 0 radical (unpaired) electrons. The van der Waals surface area contributed by atoms with Crippen LogP contribution in [0.25, 0.3) is 0 Å². The SMILES string of the molecule is C=C(C)OC(=O)CCOC(=O)c1ccc(C#N)cc1. The number of carbonyl (C=O) groups excluding carboxylic acids is 2. The van der Waals surface area contributed by atoms with Gasteiger partial charge in [-0.2, -0.15) is 5.26 Å². The van der Waals surface area contributed by atoms with Gasteiger partial charge in [0, 0.05) is 0 Å². The van der Waals surface area contributed by atoms with Crippen LogP contribution >= 0.6 is 0 Å². The molecule has 0 aromatic heterocycles. The normalized spacial score (nSPS) is 9.26. The molecule has 5 nitrogen and oxygen atoms in total. The lowest BCUT2D eigenvalue weighted by molar-refractivity contribution is -0.140. The summed E-state index contributed by atoms with van der Waals surface area (Å²) in [5.41, 5.74) is 0.786. The molecule has 0 aliphatic heterocycles. The number of carbonyl (C=O) groups is 2. The standard InChI is InChI=1S/C14H13NO4/c1-10(2)19-13(16)7-8-18-14(17)12-5-3-11(9-15)4-6-12/h3-6H,1,7-8H2,2H3. The minimum absolute atomic E-state index is 0.0329. The Morgan fingerprint density at radius 3 is 2.47 bits per heavy atom. The molecule has 5 heteroatoms. The Morgan fingerprint density at radius 2 is 1.95 bits per heavy atom. The Morgan fingerprint density at radius 1 is 1.32 bits per heavy atom. The van der Waals surface area contributed by atoms with E-state index in [1.165, 1.54) is 24.3 Å². The van der Waals surface area contributed by atoms with E-state index in [4.69, 9.17) is 14.7 Å². The van der Waals surface area contributed by atoms with Crippen LogP contribution in [0.5, 0.6) is 0 Å². The van der Waals surface area contributed by atoms with Crippen molar-refractivity contribution in [2.45, 2.75) is 13.3 Å². The second-order valence-electron chi connectivity index (χ2n) is 3.75. The molecule has 98 valence electrons. The van der Waals surface area contributed by atoms with Crippen molar-refractivity contribution in [3.8, 4) is 6.07 Å². The van der Waals surface area contributed by atoms with Crippen molar-refractivity contribution < 1.29 is 19.1 Å². The average Bonchev–Trinajstić information content (AvgIpc) is 2.37. The average molecular weight is 259 g/mol. The molecule has 0 aliphatic rings. The van der Waals surface area contributed by atoms with Crippen LogP contribution in [-0.2, 0) is 14.3 Å². The van der Waals surface area contributed by atoms with Gasteiger partial charge in [-0.05, 0) is 31.2 Å². The summed E-state index contributed by atoms with van der Waals surface area (Å²) < 4.78 is 9.61. The van der Waals surface area contributed by atoms with E-state index in [0.29, 0.717) is 16.9 Å². The van der Waals surface area contributed by atoms with E-state index >= 15 is 0 Å². The summed E-state index contributed by atoms with van der Waals surface area (Å²) in [6, 6.07) is 7.97. The quantitative estimate of drug-likeness (QED) is 0.598. The third-order valence-electron chi connectivity index (χ3n) is 2.08. The number of ether oxygens (including phenoxy) is 2. The summed E-state index contributed by atoms with van der Waals surface area (Å²) in [4.78, 5) is 22.7. The predicted molar refractivity (Wildman–Crippen MR) is 67.0 cm³/mol. The highest BCUT2D eigenvalue weighted by Crippen LogP contribution is 2.05.